The number of thioether (sulfide) groups is 1. The highest BCUT2D eigenvalue weighted by atomic mass is 35.5. The summed E-state index contributed by atoms with van der Waals surface area (Å²) in [6, 6.07) is 10.9. The molecule has 2 amide bonds. The van der Waals surface area contributed by atoms with Crippen LogP contribution in [-0.4, -0.2) is 29.3 Å². The van der Waals surface area contributed by atoms with Crippen molar-refractivity contribution in [1.82, 2.24) is 5.32 Å². The molecule has 2 aromatic carbocycles. The molecule has 1 fully saturated rings. The number of methoxy groups -OCH3 is 1. The molecule has 1 aliphatic rings. The lowest BCUT2D eigenvalue weighted by Gasteiger charge is -2.08. The van der Waals surface area contributed by atoms with Crippen LogP contribution in [0, 0.1) is 5.82 Å². The third-order valence-corrected chi connectivity index (χ3v) is 5.03. The molecule has 0 saturated carbocycles. The van der Waals surface area contributed by atoms with Crippen LogP contribution in [0.4, 0.5) is 15.8 Å². The van der Waals surface area contributed by atoms with Gasteiger partial charge in [-0.05, 0) is 42.5 Å². The van der Waals surface area contributed by atoms with Crippen molar-refractivity contribution >= 4 is 51.7 Å². The third-order valence-electron chi connectivity index (χ3n) is 3.65. The van der Waals surface area contributed by atoms with E-state index in [2.05, 4.69) is 15.6 Å². The molecule has 1 saturated heterocycles. The molecule has 1 aliphatic heterocycles. The minimum Gasteiger partial charge on any atom is -0.497 e. The zero-order valence-electron chi connectivity index (χ0n) is 14.2. The fourth-order valence-electron chi connectivity index (χ4n) is 2.32. The van der Waals surface area contributed by atoms with Crippen LogP contribution in [-0.2, 0) is 9.59 Å². The molecule has 9 heteroatoms. The first-order valence-corrected chi connectivity index (χ1v) is 9.15. The fraction of sp³-hybridized carbons (Fsp3) is 0.167. The number of hydrogen-bond donors (Lipinski definition) is 2. The van der Waals surface area contributed by atoms with E-state index in [0.29, 0.717) is 22.3 Å². The molecule has 2 aromatic rings. The molecule has 1 heterocycles. The van der Waals surface area contributed by atoms with Gasteiger partial charge in [0, 0.05) is 12.1 Å². The van der Waals surface area contributed by atoms with Crippen molar-refractivity contribution in [2.45, 2.75) is 11.7 Å². The summed E-state index contributed by atoms with van der Waals surface area (Å²) in [4.78, 5) is 28.5. The Labute approximate surface area is 164 Å². The number of benzene rings is 2. The van der Waals surface area contributed by atoms with Crippen molar-refractivity contribution in [3.8, 4) is 5.75 Å². The highest BCUT2D eigenvalue weighted by Crippen LogP contribution is 2.27. The van der Waals surface area contributed by atoms with Crippen LogP contribution < -0.4 is 15.4 Å². The first-order valence-electron chi connectivity index (χ1n) is 7.90. The normalized spacial score (nSPS) is 17.7. The minimum atomic E-state index is -0.599. The minimum absolute atomic E-state index is 0.00821. The molecule has 140 valence electrons. The van der Waals surface area contributed by atoms with Gasteiger partial charge in [0.25, 0.3) is 0 Å². The van der Waals surface area contributed by atoms with E-state index in [1.54, 1.807) is 31.4 Å². The highest BCUT2D eigenvalue weighted by molar-refractivity contribution is 8.15. The number of rotatable bonds is 5. The molecular weight excluding hydrogens is 393 g/mol. The number of hydrogen-bond acceptors (Lipinski definition) is 5. The summed E-state index contributed by atoms with van der Waals surface area (Å²) in [5, 5.41) is 5.03. The average molecular weight is 408 g/mol. The summed E-state index contributed by atoms with van der Waals surface area (Å²) in [6.07, 6.45) is -0.00821. The van der Waals surface area contributed by atoms with Crippen molar-refractivity contribution in [1.29, 1.82) is 0 Å². The van der Waals surface area contributed by atoms with Crippen LogP contribution in [0.15, 0.2) is 47.5 Å². The van der Waals surface area contributed by atoms with E-state index in [9.17, 15) is 14.0 Å². The molecule has 1 atom stereocenters. The van der Waals surface area contributed by atoms with E-state index in [1.807, 2.05) is 0 Å². The van der Waals surface area contributed by atoms with E-state index in [4.69, 9.17) is 16.3 Å². The number of anilines is 1. The van der Waals surface area contributed by atoms with E-state index in [0.717, 1.165) is 11.8 Å². The van der Waals surface area contributed by atoms with Gasteiger partial charge in [-0.3, -0.25) is 9.59 Å². The summed E-state index contributed by atoms with van der Waals surface area (Å²) in [5.41, 5.74) is 1.02. The Morgan fingerprint density at radius 2 is 2.07 bits per heavy atom. The van der Waals surface area contributed by atoms with Crippen LogP contribution in [0.1, 0.15) is 6.42 Å². The van der Waals surface area contributed by atoms with E-state index in [-0.39, 0.29) is 23.3 Å². The van der Waals surface area contributed by atoms with Gasteiger partial charge in [-0.25, -0.2) is 9.38 Å². The molecule has 6 nitrogen and oxygen atoms in total. The number of halogens is 2. The van der Waals surface area contributed by atoms with E-state index < -0.39 is 11.1 Å². The lowest BCUT2D eigenvalue weighted by molar-refractivity contribution is -0.122. The summed E-state index contributed by atoms with van der Waals surface area (Å²) >= 11 is 6.86. The molecule has 3 rings (SSSR count). The van der Waals surface area contributed by atoms with Gasteiger partial charge in [-0.15, -0.1) is 0 Å². The largest absolute Gasteiger partial charge is 0.497 e. The number of carbonyl (C=O) groups is 2. The summed E-state index contributed by atoms with van der Waals surface area (Å²) in [7, 11) is 1.56. The molecule has 27 heavy (non-hydrogen) atoms. The third kappa shape index (κ3) is 4.99. The van der Waals surface area contributed by atoms with Crippen LogP contribution in [0.2, 0.25) is 5.02 Å². The van der Waals surface area contributed by atoms with Crippen molar-refractivity contribution in [2.24, 2.45) is 4.99 Å². The van der Waals surface area contributed by atoms with Gasteiger partial charge in [0.05, 0.1) is 17.8 Å². The van der Waals surface area contributed by atoms with Crippen LogP contribution in [0.5, 0.6) is 5.75 Å². The zero-order chi connectivity index (χ0) is 19.4. The first-order chi connectivity index (χ1) is 12.9. The van der Waals surface area contributed by atoms with Gasteiger partial charge in [-0.2, -0.15) is 0 Å². The zero-order valence-corrected chi connectivity index (χ0v) is 15.7. The SMILES string of the molecule is COc1ccc(NC(=O)C[C@@H]2SC(=Nc3ccc(F)c(Cl)c3)NC2=O)cc1. The number of ether oxygens (including phenoxy) is 1. The fourth-order valence-corrected chi connectivity index (χ4v) is 3.48. The number of amides is 2. The number of nitrogens with one attached hydrogen (secondary N) is 2. The van der Waals surface area contributed by atoms with Gasteiger partial charge >= 0.3 is 0 Å². The van der Waals surface area contributed by atoms with Crippen LogP contribution >= 0.6 is 23.4 Å². The Bertz CT molecular complexity index is 905. The number of carbonyl (C=O) groups excluding carboxylic acids is 2. The second kappa shape index (κ2) is 8.41. The molecular formula is C18H15ClFN3O3S. The standard InChI is InChI=1S/C18H15ClFN3O3S/c1-26-12-5-2-10(3-6-12)21-16(24)9-15-17(25)23-18(27-15)22-11-4-7-14(20)13(19)8-11/h2-8,15H,9H2,1H3,(H,21,24)(H,22,23,25)/t15-/m0/s1. The maximum atomic E-state index is 13.2. The van der Waals surface area contributed by atoms with Gasteiger partial charge in [0.2, 0.25) is 11.8 Å². The molecule has 0 aliphatic carbocycles. The first kappa shape index (κ1) is 19.2. The molecule has 0 aromatic heterocycles. The van der Waals surface area contributed by atoms with E-state index >= 15 is 0 Å². The second-order valence-corrected chi connectivity index (χ2v) is 7.19. The van der Waals surface area contributed by atoms with Crippen molar-refractivity contribution < 1.29 is 18.7 Å². The number of nitrogens with zero attached hydrogens (tertiary/aromatic N) is 1. The summed E-state index contributed by atoms with van der Waals surface area (Å²) in [6.45, 7) is 0. The molecule has 0 bridgehead atoms. The average Bonchev–Trinajstić information content (AvgIpc) is 2.97. The summed E-state index contributed by atoms with van der Waals surface area (Å²) in [5.74, 6) is -0.465. The van der Waals surface area contributed by atoms with E-state index in [1.165, 1.54) is 18.2 Å². The lowest BCUT2D eigenvalue weighted by Crippen LogP contribution is -2.28. The maximum absolute atomic E-state index is 13.2. The molecule has 0 spiro atoms. The van der Waals surface area contributed by atoms with Gasteiger partial charge in [0.15, 0.2) is 5.17 Å². The monoisotopic (exact) mass is 407 g/mol. The van der Waals surface area contributed by atoms with Crippen molar-refractivity contribution in [2.75, 3.05) is 12.4 Å². The Balaban J connectivity index is 1.60. The predicted molar refractivity (Wildman–Crippen MR) is 104 cm³/mol. The Hall–Kier alpha value is -2.58. The maximum Gasteiger partial charge on any atom is 0.240 e. The molecule has 0 radical (unpaired) electrons. The quantitative estimate of drug-likeness (QED) is 0.791. The van der Waals surface area contributed by atoms with Gasteiger partial charge in [-0.1, -0.05) is 23.4 Å². The van der Waals surface area contributed by atoms with Gasteiger partial charge < -0.3 is 15.4 Å². The topological polar surface area (TPSA) is 79.8 Å². The van der Waals surface area contributed by atoms with Crippen LogP contribution in [0.3, 0.4) is 0 Å². The Kier molecular flexibility index (Phi) is 5.98. The highest BCUT2D eigenvalue weighted by Gasteiger charge is 2.32. The van der Waals surface area contributed by atoms with Crippen molar-refractivity contribution in [3.05, 3.63) is 53.3 Å². The van der Waals surface area contributed by atoms with Gasteiger partial charge in [0.1, 0.15) is 16.8 Å². The summed E-state index contributed by atoms with van der Waals surface area (Å²) < 4.78 is 18.3. The van der Waals surface area contributed by atoms with Crippen LogP contribution in [0.25, 0.3) is 0 Å². The second-order valence-electron chi connectivity index (χ2n) is 5.59. The Morgan fingerprint density at radius 3 is 2.74 bits per heavy atom. The molecule has 0 unspecified atom stereocenters. The predicted octanol–water partition coefficient (Wildman–Crippen LogP) is 3.74. The molecule has 2 N–H and O–H groups in total. The van der Waals surface area contributed by atoms with Crippen molar-refractivity contribution in [3.63, 3.8) is 0 Å². The Morgan fingerprint density at radius 1 is 1.33 bits per heavy atom. The lowest BCUT2D eigenvalue weighted by atomic mass is 10.2. The smallest absolute Gasteiger partial charge is 0.240 e. The number of aliphatic imine (C=N–C) groups is 1. The number of amidine groups is 1.